The minimum absolute atomic E-state index is 0.191. The highest BCUT2D eigenvalue weighted by Gasteiger charge is 2.30. The highest BCUT2D eigenvalue weighted by atomic mass is 19.1. The van der Waals surface area contributed by atoms with Gasteiger partial charge in [-0.05, 0) is 31.9 Å². The lowest BCUT2D eigenvalue weighted by molar-refractivity contribution is -0.149. The van der Waals surface area contributed by atoms with Gasteiger partial charge < -0.3 is 9.64 Å². The summed E-state index contributed by atoms with van der Waals surface area (Å²) in [7, 11) is 0. The third-order valence-corrected chi connectivity index (χ3v) is 3.28. The fourth-order valence-electron chi connectivity index (χ4n) is 2.28. The normalized spacial score (nSPS) is 18.7. The average molecular weight is 280 g/mol. The zero-order valence-electron chi connectivity index (χ0n) is 11.3. The largest absolute Gasteiger partial charge is 0.466 e. The number of carbonyl (C=O) groups excluding carboxylic acids is 2. The molecule has 5 nitrogen and oxygen atoms in total. The van der Waals surface area contributed by atoms with Crippen LogP contribution in [0.3, 0.4) is 0 Å². The van der Waals surface area contributed by atoms with Gasteiger partial charge in [-0.1, -0.05) is 0 Å². The van der Waals surface area contributed by atoms with Crippen LogP contribution < -0.4 is 0 Å². The monoisotopic (exact) mass is 280 g/mol. The van der Waals surface area contributed by atoms with Gasteiger partial charge in [0.15, 0.2) is 0 Å². The van der Waals surface area contributed by atoms with Crippen LogP contribution in [0.1, 0.15) is 30.3 Å². The summed E-state index contributed by atoms with van der Waals surface area (Å²) in [5.74, 6) is -1.31. The molecule has 1 saturated heterocycles. The molecule has 2 heterocycles. The molecule has 0 radical (unpaired) electrons. The van der Waals surface area contributed by atoms with Crippen molar-refractivity contribution in [2.45, 2.75) is 19.8 Å². The van der Waals surface area contributed by atoms with Crippen molar-refractivity contribution in [3.05, 3.63) is 29.8 Å². The summed E-state index contributed by atoms with van der Waals surface area (Å²) >= 11 is 0. The van der Waals surface area contributed by atoms with Crippen molar-refractivity contribution >= 4 is 11.9 Å². The smallest absolute Gasteiger partial charge is 0.310 e. The number of rotatable bonds is 3. The zero-order chi connectivity index (χ0) is 14.5. The topological polar surface area (TPSA) is 59.5 Å². The van der Waals surface area contributed by atoms with Crippen LogP contribution in [-0.2, 0) is 9.53 Å². The Morgan fingerprint density at radius 1 is 1.50 bits per heavy atom. The molecule has 1 aromatic rings. The first kappa shape index (κ1) is 14.4. The second-order valence-corrected chi connectivity index (χ2v) is 4.70. The predicted octanol–water partition coefficient (Wildman–Crippen LogP) is 1.64. The fraction of sp³-hybridized carbons (Fsp3) is 0.500. The minimum Gasteiger partial charge on any atom is -0.466 e. The molecule has 1 atom stereocenters. The number of ether oxygens (including phenoxy) is 1. The highest BCUT2D eigenvalue weighted by Crippen LogP contribution is 2.19. The zero-order valence-corrected chi connectivity index (χ0v) is 11.3. The maximum absolute atomic E-state index is 12.8. The summed E-state index contributed by atoms with van der Waals surface area (Å²) in [6.45, 7) is 3.00. The lowest BCUT2D eigenvalue weighted by Gasteiger charge is -2.31. The van der Waals surface area contributed by atoms with Crippen LogP contribution in [0.25, 0.3) is 0 Å². The first-order valence-corrected chi connectivity index (χ1v) is 6.69. The van der Waals surface area contributed by atoms with E-state index in [0.29, 0.717) is 19.7 Å². The molecule has 108 valence electrons. The fourth-order valence-corrected chi connectivity index (χ4v) is 2.28. The van der Waals surface area contributed by atoms with Crippen molar-refractivity contribution in [3.8, 4) is 0 Å². The highest BCUT2D eigenvalue weighted by molar-refractivity contribution is 5.92. The molecule has 6 heteroatoms. The van der Waals surface area contributed by atoms with Crippen molar-refractivity contribution < 1.29 is 18.7 Å². The maximum Gasteiger partial charge on any atom is 0.310 e. The van der Waals surface area contributed by atoms with E-state index < -0.39 is 5.82 Å². The first-order chi connectivity index (χ1) is 9.61. The third kappa shape index (κ3) is 3.31. The number of nitrogens with zero attached hydrogens (tertiary/aromatic N) is 2. The van der Waals surface area contributed by atoms with Gasteiger partial charge in [-0.15, -0.1) is 0 Å². The van der Waals surface area contributed by atoms with E-state index in [2.05, 4.69) is 4.98 Å². The van der Waals surface area contributed by atoms with Crippen LogP contribution in [0, 0.1) is 11.7 Å². The number of amides is 1. The van der Waals surface area contributed by atoms with Crippen LogP contribution in [0.2, 0.25) is 0 Å². The number of piperidine rings is 1. The number of hydrogen-bond acceptors (Lipinski definition) is 4. The molecule has 1 aliphatic heterocycles. The number of aromatic nitrogens is 1. The Morgan fingerprint density at radius 2 is 2.30 bits per heavy atom. The average Bonchev–Trinajstić information content (AvgIpc) is 2.48. The van der Waals surface area contributed by atoms with Crippen molar-refractivity contribution in [1.82, 2.24) is 9.88 Å². The molecule has 1 amide bonds. The second kappa shape index (κ2) is 6.45. The Morgan fingerprint density at radius 3 is 2.95 bits per heavy atom. The summed E-state index contributed by atoms with van der Waals surface area (Å²) in [6.07, 6.45) is 2.48. The van der Waals surface area contributed by atoms with E-state index in [4.69, 9.17) is 4.74 Å². The van der Waals surface area contributed by atoms with Crippen molar-refractivity contribution in [1.29, 1.82) is 0 Å². The van der Waals surface area contributed by atoms with Gasteiger partial charge >= 0.3 is 5.97 Å². The predicted molar refractivity (Wildman–Crippen MR) is 69.5 cm³/mol. The molecule has 1 aliphatic rings. The molecule has 0 bridgehead atoms. The van der Waals surface area contributed by atoms with Gasteiger partial charge in [0.25, 0.3) is 5.91 Å². The molecule has 1 unspecified atom stereocenters. The number of esters is 1. The van der Waals surface area contributed by atoms with Crippen LogP contribution in [0.4, 0.5) is 4.39 Å². The number of halogens is 1. The van der Waals surface area contributed by atoms with E-state index in [9.17, 15) is 14.0 Å². The lowest BCUT2D eigenvalue weighted by Crippen LogP contribution is -2.43. The Hall–Kier alpha value is -1.98. The molecule has 1 aromatic heterocycles. The van der Waals surface area contributed by atoms with Gasteiger partial charge in [0.1, 0.15) is 11.5 Å². The molecule has 0 aromatic carbocycles. The molecule has 0 saturated carbocycles. The standard InChI is InChI=1S/C14H17FN2O3/c1-2-20-14(19)10-4-3-7-17(9-10)13(18)12-6-5-11(15)8-16-12/h5-6,8,10H,2-4,7,9H2,1H3. The van der Waals surface area contributed by atoms with Crippen molar-refractivity contribution in [2.24, 2.45) is 5.92 Å². The maximum atomic E-state index is 12.8. The van der Waals surface area contributed by atoms with Gasteiger partial charge in [-0.2, -0.15) is 0 Å². The molecule has 2 rings (SSSR count). The number of pyridine rings is 1. The number of likely N-dealkylation sites (tertiary alicyclic amines) is 1. The molecule has 1 fully saturated rings. The molecular weight excluding hydrogens is 263 g/mol. The second-order valence-electron chi connectivity index (χ2n) is 4.70. The van der Waals surface area contributed by atoms with E-state index >= 15 is 0 Å². The van der Waals surface area contributed by atoms with E-state index in [-0.39, 0.29) is 23.5 Å². The molecule has 0 aliphatic carbocycles. The lowest BCUT2D eigenvalue weighted by atomic mass is 9.98. The number of carbonyl (C=O) groups is 2. The summed E-state index contributed by atoms with van der Waals surface area (Å²) in [5, 5.41) is 0. The number of hydrogen-bond donors (Lipinski definition) is 0. The quantitative estimate of drug-likeness (QED) is 0.790. The van der Waals surface area contributed by atoms with Crippen molar-refractivity contribution in [2.75, 3.05) is 19.7 Å². The molecule has 0 spiro atoms. The SMILES string of the molecule is CCOC(=O)C1CCCN(C(=O)c2ccc(F)cn2)C1. The van der Waals surface area contributed by atoms with E-state index in [1.165, 1.54) is 12.1 Å². The van der Waals surface area contributed by atoms with E-state index in [1.807, 2.05) is 0 Å². The van der Waals surface area contributed by atoms with Crippen LogP contribution in [-0.4, -0.2) is 41.5 Å². The Balaban J connectivity index is 2.03. The van der Waals surface area contributed by atoms with Gasteiger partial charge in [0, 0.05) is 13.1 Å². The van der Waals surface area contributed by atoms with Gasteiger partial charge in [0.05, 0.1) is 18.7 Å². The Labute approximate surface area is 116 Å². The molecule has 0 N–H and O–H groups in total. The summed E-state index contributed by atoms with van der Waals surface area (Å²) in [4.78, 5) is 29.3. The summed E-state index contributed by atoms with van der Waals surface area (Å²) in [5.41, 5.74) is 0.191. The van der Waals surface area contributed by atoms with Crippen LogP contribution >= 0.6 is 0 Å². The first-order valence-electron chi connectivity index (χ1n) is 6.69. The van der Waals surface area contributed by atoms with E-state index in [1.54, 1.807) is 11.8 Å². The van der Waals surface area contributed by atoms with Crippen LogP contribution in [0.15, 0.2) is 18.3 Å². The molecule has 20 heavy (non-hydrogen) atoms. The Bertz CT molecular complexity index is 490. The molecular formula is C14H17FN2O3. The summed E-state index contributed by atoms with van der Waals surface area (Å²) in [6, 6.07) is 2.55. The van der Waals surface area contributed by atoms with Crippen molar-refractivity contribution in [3.63, 3.8) is 0 Å². The van der Waals surface area contributed by atoms with Crippen LogP contribution in [0.5, 0.6) is 0 Å². The third-order valence-electron chi connectivity index (χ3n) is 3.28. The van der Waals surface area contributed by atoms with Gasteiger partial charge in [-0.25, -0.2) is 9.37 Å². The minimum atomic E-state index is -0.482. The Kier molecular flexibility index (Phi) is 4.65. The van der Waals surface area contributed by atoms with Gasteiger partial charge in [0.2, 0.25) is 0 Å². The summed E-state index contributed by atoms with van der Waals surface area (Å²) < 4.78 is 17.8. The van der Waals surface area contributed by atoms with E-state index in [0.717, 1.165) is 19.0 Å². The van der Waals surface area contributed by atoms with Gasteiger partial charge in [-0.3, -0.25) is 9.59 Å².